The smallest absolute Gasteiger partial charge is 0.155 e. The summed E-state index contributed by atoms with van der Waals surface area (Å²) in [4.78, 5) is 6.33. The zero-order valence-electron chi connectivity index (χ0n) is 12.6. The molecule has 2 heterocycles. The highest BCUT2D eigenvalue weighted by Gasteiger charge is 2.20. The molecule has 0 saturated heterocycles. The minimum atomic E-state index is -0.747. The molecule has 0 bridgehead atoms. The van der Waals surface area contributed by atoms with Crippen LogP contribution < -0.4 is 5.32 Å². The van der Waals surface area contributed by atoms with Gasteiger partial charge in [0.15, 0.2) is 5.65 Å². The van der Waals surface area contributed by atoms with E-state index in [9.17, 15) is 5.11 Å². The fourth-order valence-electron chi connectivity index (χ4n) is 2.34. The summed E-state index contributed by atoms with van der Waals surface area (Å²) in [7, 11) is 3.90. The second-order valence-corrected chi connectivity index (χ2v) is 5.89. The first kappa shape index (κ1) is 14.9. The number of fused-ring (bicyclic) bond motifs is 1. The number of likely N-dealkylation sites (N-methyl/N-ethyl adjacent to an activating group) is 1. The van der Waals surface area contributed by atoms with Crippen molar-refractivity contribution < 1.29 is 5.11 Å². The van der Waals surface area contributed by atoms with Crippen molar-refractivity contribution in [1.82, 2.24) is 24.8 Å². The molecule has 0 saturated carbocycles. The van der Waals surface area contributed by atoms with Gasteiger partial charge in [0.1, 0.15) is 0 Å². The van der Waals surface area contributed by atoms with Crippen LogP contribution in [-0.4, -0.2) is 57.4 Å². The van der Waals surface area contributed by atoms with Crippen molar-refractivity contribution >= 4 is 5.65 Å². The average molecular weight is 277 g/mol. The van der Waals surface area contributed by atoms with Crippen LogP contribution in [0.3, 0.4) is 0 Å². The molecule has 0 aliphatic carbocycles. The largest absolute Gasteiger partial charge is 0.388 e. The lowest BCUT2D eigenvalue weighted by atomic mass is 10.1. The summed E-state index contributed by atoms with van der Waals surface area (Å²) in [6.45, 7) is 5.59. The molecular formula is C14H23N5O. The highest BCUT2D eigenvalue weighted by molar-refractivity contribution is 5.38. The Morgan fingerprint density at radius 2 is 2.20 bits per heavy atom. The molecule has 0 aliphatic heterocycles. The Morgan fingerprint density at radius 1 is 1.45 bits per heavy atom. The van der Waals surface area contributed by atoms with Crippen molar-refractivity contribution in [3.05, 3.63) is 29.7 Å². The minimum Gasteiger partial charge on any atom is -0.388 e. The predicted molar refractivity (Wildman–Crippen MR) is 78.6 cm³/mol. The van der Waals surface area contributed by atoms with Crippen LogP contribution >= 0.6 is 0 Å². The van der Waals surface area contributed by atoms with Crippen molar-refractivity contribution in [3.63, 3.8) is 0 Å². The molecule has 20 heavy (non-hydrogen) atoms. The van der Waals surface area contributed by atoms with E-state index >= 15 is 0 Å². The van der Waals surface area contributed by atoms with Gasteiger partial charge in [-0.2, -0.15) is 5.10 Å². The SMILES string of the molecule is Cc1cc2ncc(CNCC(C)(O)CN(C)C)cn2n1. The molecule has 2 aromatic rings. The van der Waals surface area contributed by atoms with E-state index in [0.29, 0.717) is 19.6 Å². The molecule has 0 fully saturated rings. The zero-order chi connectivity index (χ0) is 14.8. The van der Waals surface area contributed by atoms with E-state index in [2.05, 4.69) is 15.4 Å². The van der Waals surface area contributed by atoms with Crippen molar-refractivity contribution in [2.24, 2.45) is 0 Å². The maximum absolute atomic E-state index is 10.2. The Kier molecular flexibility index (Phi) is 4.37. The maximum Gasteiger partial charge on any atom is 0.155 e. The monoisotopic (exact) mass is 277 g/mol. The van der Waals surface area contributed by atoms with Crippen LogP contribution in [0.4, 0.5) is 0 Å². The van der Waals surface area contributed by atoms with Gasteiger partial charge in [0.25, 0.3) is 0 Å². The third kappa shape index (κ3) is 4.00. The molecular weight excluding hydrogens is 254 g/mol. The second-order valence-electron chi connectivity index (χ2n) is 5.89. The Bertz CT molecular complexity index is 576. The van der Waals surface area contributed by atoms with Gasteiger partial charge in [0.2, 0.25) is 0 Å². The zero-order valence-corrected chi connectivity index (χ0v) is 12.6. The summed E-state index contributed by atoms with van der Waals surface area (Å²) in [6.07, 6.45) is 3.80. The Balaban J connectivity index is 1.92. The van der Waals surface area contributed by atoms with Crippen molar-refractivity contribution in [3.8, 4) is 0 Å². The fraction of sp³-hybridized carbons (Fsp3) is 0.571. The van der Waals surface area contributed by atoms with E-state index in [1.165, 1.54) is 0 Å². The summed E-state index contributed by atoms with van der Waals surface area (Å²) in [5, 5.41) is 17.8. The lowest BCUT2D eigenvalue weighted by Gasteiger charge is -2.27. The van der Waals surface area contributed by atoms with Crippen LogP contribution in [0.25, 0.3) is 5.65 Å². The van der Waals surface area contributed by atoms with Crippen molar-refractivity contribution in [2.45, 2.75) is 26.0 Å². The molecule has 110 valence electrons. The van der Waals surface area contributed by atoms with Crippen LogP contribution in [-0.2, 0) is 6.54 Å². The highest BCUT2D eigenvalue weighted by atomic mass is 16.3. The number of hydrogen-bond donors (Lipinski definition) is 2. The molecule has 0 aromatic carbocycles. The van der Waals surface area contributed by atoms with Gasteiger partial charge in [-0.05, 0) is 27.9 Å². The number of aromatic nitrogens is 3. The molecule has 2 rings (SSSR count). The predicted octanol–water partition coefficient (Wildman–Crippen LogP) is 0.440. The molecule has 2 N–H and O–H groups in total. The summed E-state index contributed by atoms with van der Waals surface area (Å²) in [6, 6.07) is 1.94. The van der Waals surface area contributed by atoms with Gasteiger partial charge >= 0.3 is 0 Å². The fourth-order valence-corrected chi connectivity index (χ4v) is 2.34. The minimum absolute atomic E-state index is 0.529. The number of aliphatic hydroxyl groups is 1. The van der Waals surface area contributed by atoms with Crippen LogP contribution in [0, 0.1) is 6.92 Å². The first-order valence-electron chi connectivity index (χ1n) is 6.74. The van der Waals surface area contributed by atoms with Gasteiger partial charge < -0.3 is 15.3 Å². The van der Waals surface area contributed by atoms with Gasteiger partial charge in [-0.15, -0.1) is 0 Å². The molecule has 6 heteroatoms. The molecule has 0 amide bonds. The number of aryl methyl sites for hydroxylation is 1. The third-order valence-electron chi connectivity index (χ3n) is 2.98. The van der Waals surface area contributed by atoms with Gasteiger partial charge in [0, 0.05) is 43.7 Å². The van der Waals surface area contributed by atoms with Gasteiger partial charge in [0.05, 0.1) is 11.3 Å². The summed E-state index contributed by atoms with van der Waals surface area (Å²) in [5.74, 6) is 0. The van der Waals surface area contributed by atoms with E-state index < -0.39 is 5.60 Å². The molecule has 0 aliphatic rings. The van der Waals surface area contributed by atoms with E-state index in [-0.39, 0.29) is 0 Å². The molecule has 0 spiro atoms. The Hall–Kier alpha value is -1.50. The van der Waals surface area contributed by atoms with Gasteiger partial charge in [-0.1, -0.05) is 0 Å². The number of nitrogens with zero attached hydrogens (tertiary/aromatic N) is 4. The lowest BCUT2D eigenvalue weighted by molar-refractivity contribution is 0.0336. The topological polar surface area (TPSA) is 65.7 Å². The van der Waals surface area contributed by atoms with E-state index in [1.807, 2.05) is 51.3 Å². The molecule has 6 nitrogen and oxygen atoms in total. The van der Waals surface area contributed by atoms with E-state index in [1.54, 1.807) is 4.52 Å². The first-order valence-corrected chi connectivity index (χ1v) is 6.74. The third-order valence-corrected chi connectivity index (χ3v) is 2.98. The maximum atomic E-state index is 10.2. The highest BCUT2D eigenvalue weighted by Crippen LogP contribution is 2.06. The molecule has 0 radical (unpaired) electrons. The van der Waals surface area contributed by atoms with Crippen molar-refractivity contribution in [1.29, 1.82) is 0 Å². The lowest BCUT2D eigenvalue weighted by Crippen LogP contribution is -2.45. The summed E-state index contributed by atoms with van der Waals surface area (Å²) in [5.41, 5.74) is 2.10. The van der Waals surface area contributed by atoms with E-state index in [0.717, 1.165) is 16.9 Å². The van der Waals surface area contributed by atoms with Crippen molar-refractivity contribution in [2.75, 3.05) is 27.2 Å². The Morgan fingerprint density at radius 3 is 2.90 bits per heavy atom. The molecule has 1 unspecified atom stereocenters. The first-order chi connectivity index (χ1) is 9.35. The summed E-state index contributed by atoms with van der Waals surface area (Å²) >= 11 is 0. The number of rotatable bonds is 6. The van der Waals surface area contributed by atoms with Gasteiger partial charge in [-0.3, -0.25) is 0 Å². The van der Waals surface area contributed by atoms with Gasteiger partial charge in [-0.25, -0.2) is 9.50 Å². The second kappa shape index (κ2) is 5.87. The van der Waals surface area contributed by atoms with E-state index in [4.69, 9.17) is 0 Å². The van der Waals surface area contributed by atoms with Crippen LogP contribution in [0.1, 0.15) is 18.2 Å². The molecule has 2 aromatic heterocycles. The number of nitrogens with one attached hydrogen (secondary N) is 1. The standard InChI is InChI=1S/C14H23N5O/c1-11-5-13-16-7-12(8-19(13)17-11)6-15-9-14(2,20)10-18(3)4/h5,7-8,15,20H,6,9-10H2,1-4H3. The quantitative estimate of drug-likeness (QED) is 0.802. The number of hydrogen-bond acceptors (Lipinski definition) is 5. The molecule has 1 atom stereocenters. The van der Waals surface area contributed by atoms with Crippen LogP contribution in [0.2, 0.25) is 0 Å². The van der Waals surface area contributed by atoms with Crippen LogP contribution in [0.5, 0.6) is 0 Å². The average Bonchev–Trinajstić information content (AvgIpc) is 2.66. The Labute approximate surface area is 119 Å². The van der Waals surface area contributed by atoms with Crippen LogP contribution in [0.15, 0.2) is 18.5 Å². The summed E-state index contributed by atoms with van der Waals surface area (Å²) < 4.78 is 1.78. The normalized spacial score (nSPS) is 14.9.